The molecule has 1 heterocycles. The predicted molar refractivity (Wildman–Crippen MR) is 169 cm³/mol. The summed E-state index contributed by atoms with van der Waals surface area (Å²) in [4.78, 5) is 18.3. The van der Waals surface area contributed by atoms with Crippen molar-refractivity contribution in [1.82, 2.24) is 14.7 Å². The minimum atomic E-state index is -0.272. The van der Waals surface area contributed by atoms with E-state index in [4.69, 9.17) is 4.74 Å². The highest BCUT2D eigenvalue weighted by molar-refractivity contribution is 5.95. The Labute approximate surface area is 251 Å². The number of anilines is 1. The molecule has 42 heavy (non-hydrogen) atoms. The Morgan fingerprint density at radius 2 is 1.76 bits per heavy atom. The summed E-state index contributed by atoms with van der Waals surface area (Å²) in [7, 11) is 5.86. The molecule has 5 rings (SSSR count). The summed E-state index contributed by atoms with van der Waals surface area (Å²) in [6, 6.07) is 15.0. The van der Waals surface area contributed by atoms with Gasteiger partial charge in [-0.05, 0) is 119 Å². The second-order valence-electron chi connectivity index (χ2n) is 12.7. The van der Waals surface area contributed by atoms with Crippen molar-refractivity contribution >= 4 is 11.6 Å². The van der Waals surface area contributed by atoms with Crippen LogP contribution in [0, 0.1) is 18.8 Å². The Bertz CT molecular complexity index is 1320. The smallest absolute Gasteiger partial charge is 0.230 e. The number of aryl methyl sites for hydroxylation is 1. The van der Waals surface area contributed by atoms with E-state index in [0.29, 0.717) is 24.7 Å². The summed E-state index contributed by atoms with van der Waals surface area (Å²) in [5.74, 6) is 2.16. The van der Waals surface area contributed by atoms with E-state index < -0.39 is 0 Å². The van der Waals surface area contributed by atoms with Crippen LogP contribution in [0.2, 0.25) is 0 Å². The number of aliphatic hydroxyl groups excluding tert-OH is 1. The predicted octanol–water partition coefficient (Wildman–Crippen LogP) is 6.29. The van der Waals surface area contributed by atoms with Crippen LogP contribution in [0.4, 0.5) is 5.69 Å². The SMILES string of the molecule is COc1ccc([C@H]2CC[C@H](CN(c3cccc(-c4cnn(CCN(C)C)c4)c3)C(=O)[C@H]3CC[C@H](O)CC3)CC2)cc1C. The van der Waals surface area contributed by atoms with E-state index in [9.17, 15) is 9.90 Å². The van der Waals surface area contributed by atoms with Gasteiger partial charge in [-0.3, -0.25) is 9.48 Å². The van der Waals surface area contributed by atoms with Gasteiger partial charge in [-0.25, -0.2) is 0 Å². The monoisotopic (exact) mass is 572 g/mol. The molecular weight excluding hydrogens is 524 g/mol. The van der Waals surface area contributed by atoms with Crippen molar-refractivity contribution < 1.29 is 14.6 Å². The van der Waals surface area contributed by atoms with E-state index >= 15 is 0 Å². The number of hydrogen-bond acceptors (Lipinski definition) is 5. The number of aliphatic hydroxyl groups is 1. The third kappa shape index (κ3) is 7.42. The fraction of sp³-hybridized carbons (Fsp3) is 0.543. The van der Waals surface area contributed by atoms with Crippen molar-refractivity contribution in [2.45, 2.75) is 76.9 Å². The molecule has 0 bridgehead atoms. The average Bonchev–Trinajstić information content (AvgIpc) is 3.48. The fourth-order valence-corrected chi connectivity index (χ4v) is 6.75. The fourth-order valence-electron chi connectivity index (χ4n) is 6.75. The number of carbonyl (C=O) groups is 1. The molecule has 7 heteroatoms. The van der Waals surface area contributed by atoms with Crippen molar-refractivity contribution in [2.24, 2.45) is 11.8 Å². The molecule has 2 fully saturated rings. The van der Waals surface area contributed by atoms with E-state index in [2.05, 4.69) is 84.6 Å². The third-order valence-electron chi connectivity index (χ3n) is 9.39. The Kier molecular flexibility index (Phi) is 10.0. The van der Waals surface area contributed by atoms with Crippen molar-refractivity contribution in [3.8, 4) is 16.9 Å². The highest BCUT2D eigenvalue weighted by Gasteiger charge is 2.32. The van der Waals surface area contributed by atoms with Gasteiger partial charge in [0.15, 0.2) is 0 Å². The molecule has 0 saturated heterocycles. The van der Waals surface area contributed by atoms with E-state index in [1.165, 1.54) is 11.1 Å². The molecule has 3 aromatic rings. The number of benzene rings is 2. The van der Waals surface area contributed by atoms with E-state index in [0.717, 1.165) is 80.7 Å². The van der Waals surface area contributed by atoms with E-state index in [-0.39, 0.29) is 17.9 Å². The summed E-state index contributed by atoms with van der Waals surface area (Å²) in [5.41, 5.74) is 5.71. The number of hydrogen-bond donors (Lipinski definition) is 1. The number of rotatable bonds is 10. The van der Waals surface area contributed by atoms with Gasteiger partial charge in [0.25, 0.3) is 0 Å². The number of carbonyl (C=O) groups excluding carboxylic acids is 1. The molecular formula is C35H48N4O3. The second kappa shape index (κ2) is 13.9. The molecule has 2 aliphatic carbocycles. The molecule has 0 atom stereocenters. The molecule has 0 spiro atoms. The lowest BCUT2D eigenvalue weighted by Gasteiger charge is -2.36. The zero-order valence-corrected chi connectivity index (χ0v) is 25.8. The quantitative estimate of drug-likeness (QED) is 0.309. The largest absolute Gasteiger partial charge is 0.496 e. The molecule has 1 aromatic heterocycles. The number of aromatic nitrogens is 2. The van der Waals surface area contributed by atoms with Gasteiger partial charge in [0, 0.05) is 36.5 Å². The first-order valence-corrected chi connectivity index (χ1v) is 15.7. The topological polar surface area (TPSA) is 70.8 Å². The first kappa shape index (κ1) is 30.3. The minimum absolute atomic E-state index is 0.0237. The molecule has 2 aliphatic rings. The Morgan fingerprint density at radius 3 is 2.45 bits per heavy atom. The Balaban J connectivity index is 1.32. The summed E-state index contributed by atoms with van der Waals surface area (Å²) in [5, 5.41) is 14.7. The van der Waals surface area contributed by atoms with Crippen molar-refractivity contribution in [3.63, 3.8) is 0 Å². The lowest BCUT2D eigenvalue weighted by atomic mass is 9.78. The standard InChI is InChI=1S/C35H48N4O3/c1-25-20-30(14-17-34(25)42-4)27-10-8-26(9-11-27)23-39(35(41)28-12-15-33(40)16-13-28)32-7-5-6-29(21-32)31-22-36-38(24-31)19-18-37(2)3/h5-7,14,17,20-22,24,26-28,33,40H,8-13,15-16,18-19,23H2,1-4H3/t26-,27-,28-,33-. The molecule has 2 saturated carbocycles. The van der Waals surface area contributed by atoms with Crippen LogP contribution in [0.25, 0.3) is 11.1 Å². The molecule has 2 aromatic carbocycles. The first-order valence-electron chi connectivity index (χ1n) is 15.7. The normalized spacial score (nSPS) is 22.7. The van der Waals surface area contributed by atoms with E-state index in [1.54, 1.807) is 7.11 Å². The lowest BCUT2D eigenvalue weighted by molar-refractivity contribution is -0.124. The van der Waals surface area contributed by atoms with Crippen LogP contribution < -0.4 is 9.64 Å². The second-order valence-corrected chi connectivity index (χ2v) is 12.7. The summed E-state index contributed by atoms with van der Waals surface area (Å²) in [6.07, 6.45) is 11.2. The van der Waals surface area contributed by atoms with Crippen LogP contribution in [0.5, 0.6) is 5.75 Å². The number of nitrogens with zero attached hydrogens (tertiary/aromatic N) is 4. The highest BCUT2D eigenvalue weighted by Crippen LogP contribution is 2.39. The van der Waals surface area contributed by atoms with Crippen LogP contribution in [0.15, 0.2) is 54.9 Å². The highest BCUT2D eigenvalue weighted by atomic mass is 16.5. The summed E-state index contributed by atoms with van der Waals surface area (Å²) in [6.45, 7) is 4.63. The van der Waals surface area contributed by atoms with Gasteiger partial charge < -0.3 is 19.6 Å². The Hall–Kier alpha value is -3.16. The summed E-state index contributed by atoms with van der Waals surface area (Å²) >= 11 is 0. The van der Waals surface area contributed by atoms with Crippen molar-refractivity contribution in [2.75, 3.05) is 39.2 Å². The number of amides is 1. The van der Waals surface area contributed by atoms with Crippen molar-refractivity contribution in [3.05, 3.63) is 66.0 Å². The maximum absolute atomic E-state index is 14.1. The molecule has 0 aliphatic heterocycles. The van der Waals surface area contributed by atoms with Gasteiger partial charge in [0.1, 0.15) is 5.75 Å². The van der Waals surface area contributed by atoms with Crippen molar-refractivity contribution in [1.29, 1.82) is 0 Å². The number of ether oxygens (including phenoxy) is 1. The minimum Gasteiger partial charge on any atom is -0.496 e. The molecule has 1 N–H and O–H groups in total. The van der Waals surface area contributed by atoms with Gasteiger partial charge in [-0.15, -0.1) is 0 Å². The van der Waals surface area contributed by atoms with Crippen LogP contribution >= 0.6 is 0 Å². The number of methoxy groups -OCH3 is 1. The molecule has 7 nitrogen and oxygen atoms in total. The van der Waals surface area contributed by atoms with Gasteiger partial charge in [-0.2, -0.15) is 5.10 Å². The van der Waals surface area contributed by atoms with Gasteiger partial charge in [0.2, 0.25) is 5.91 Å². The van der Waals surface area contributed by atoms with Gasteiger partial charge >= 0.3 is 0 Å². The molecule has 0 radical (unpaired) electrons. The average molecular weight is 573 g/mol. The maximum atomic E-state index is 14.1. The lowest BCUT2D eigenvalue weighted by Crippen LogP contribution is -2.41. The maximum Gasteiger partial charge on any atom is 0.230 e. The van der Waals surface area contributed by atoms with Crippen LogP contribution in [-0.4, -0.2) is 66.1 Å². The zero-order valence-electron chi connectivity index (χ0n) is 25.8. The van der Waals surface area contributed by atoms with Crippen LogP contribution in [0.1, 0.15) is 68.4 Å². The summed E-state index contributed by atoms with van der Waals surface area (Å²) < 4.78 is 7.45. The van der Waals surface area contributed by atoms with Crippen LogP contribution in [0.3, 0.4) is 0 Å². The zero-order chi connectivity index (χ0) is 29.6. The van der Waals surface area contributed by atoms with Gasteiger partial charge in [0.05, 0.1) is 26.0 Å². The Morgan fingerprint density at radius 1 is 1.00 bits per heavy atom. The molecule has 226 valence electrons. The van der Waals surface area contributed by atoms with Gasteiger partial charge in [-0.1, -0.05) is 24.3 Å². The van der Waals surface area contributed by atoms with E-state index in [1.807, 2.05) is 10.9 Å². The van der Waals surface area contributed by atoms with Crippen LogP contribution in [-0.2, 0) is 11.3 Å². The number of likely N-dealkylation sites (N-methyl/N-ethyl adjacent to an activating group) is 1. The molecule has 0 unspecified atom stereocenters. The third-order valence-corrected chi connectivity index (χ3v) is 9.39. The first-order chi connectivity index (χ1) is 20.3. The molecule has 1 amide bonds.